The van der Waals surface area contributed by atoms with Crippen LogP contribution in [0.2, 0.25) is 0 Å². The van der Waals surface area contributed by atoms with Gasteiger partial charge in [-0.15, -0.1) is 6.58 Å². The minimum Gasteiger partial charge on any atom is -0.480 e. The maximum Gasteiger partial charge on any atom is 0.366 e. The SMILES string of the molecule is C=CCC(N)(CC[P+](=O)CO)C(=O)O. The first kappa shape index (κ1) is 13.2. The second kappa shape index (κ2) is 5.86. The van der Waals surface area contributed by atoms with Gasteiger partial charge in [0, 0.05) is 6.42 Å². The third-order valence-electron chi connectivity index (χ3n) is 1.90. The Morgan fingerprint density at radius 3 is 2.57 bits per heavy atom. The molecule has 0 spiro atoms. The molecule has 0 saturated carbocycles. The van der Waals surface area contributed by atoms with Crippen molar-refractivity contribution in [2.45, 2.75) is 18.4 Å². The highest BCUT2D eigenvalue weighted by Crippen LogP contribution is 2.24. The molecule has 80 valence electrons. The van der Waals surface area contributed by atoms with Crippen LogP contribution in [0.15, 0.2) is 12.7 Å². The molecule has 0 saturated heterocycles. The molecule has 0 aliphatic heterocycles. The molecule has 14 heavy (non-hydrogen) atoms. The molecule has 0 amide bonds. The fraction of sp³-hybridized carbons (Fsp3) is 0.625. The quantitative estimate of drug-likeness (QED) is 0.428. The van der Waals surface area contributed by atoms with E-state index in [1.807, 2.05) is 0 Å². The molecule has 0 aliphatic carbocycles. The molecular weight excluding hydrogens is 205 g/mol. The average Bonchev–Trinajstić information content (AvgIpc) is 2.14. The summed E-state index contributed by atoms with van der Waals surface area (Å²) < 4.78 is 10.9. The lowest BCUT2D eigenvalue weighted by Gasteiger charge is -2.20. The van der Waals surface area contributed by atoms with Gasteiger partial charge < -0.3 is 15.9 Å². The van der Waals surface area contributed by atoms with Crippen molar-refractivity contribution in [1.29, 1.82) is 0 Å². The van der Waals surface area contributed by atoms with Crippen LogP contribution in [-0.2, 0) is 9.36 Å². The zero-order chi connectivity index (χ0) is 11.2. The Labute approximate surface area is 83.4 Å². The van der Waals surface area contributed by atoms with Gasteiger partial charge >= 0.3 is 13.8 Å². The summed E-state index contributed by atoms with van der Waals surface area (Å²) in [6.45, 7) is 3.41. The van der Waals surface area contributed by atoms with E-state index < -0.39 is 25.7 Å². The van der Waals surface area contributed by atoms with Crippen LogP contribution in [-0.4, -0.2) is 34.2 Å². The number of carbonyl (C=O) groups is 1. The molecule has 0 rings (SSSR count). The van der Waals surface area contributed by atoms with Crippen LogP contribution >= 0.6 is 7.80 Å². The summed E-state index contributed by atoms with van der Waals surface area (Å²) in [5.74, 6) is -1.14. The van der Waals surface area contributed by atoms with Crippen molar-refractivity contribution in [3.05, 3.63) is 12.7 Å². The van der Waals surface area contributed by atoms with E-state index in [0.717, 1.165) is 0 Å². The van der Waals surface area contributed by atoms with E-state index in [4.69, 9.17) is 15.9 Å². The van der Waals surface area contributed by atoms with Gasteiger partial charge in [-0.05, 0) is 6.42 Å². The van der Waals surface area contributed by atoms with E-state index in [0.29, 0.717) is 0 Å². The molecule has 0 heterocycles. The summed E-state index contributed by atoms with van der Waals surface area (Å²) in [4.78, 5) is 10.8. The number of aliphatic hydroxyl groups excluding tert-OH is 1. The summed E-state index contributed by atoms with van der Waals surface area (Å²) in [5, 5.41) is 17.3. The Kier molecular flexibility index (Phi) is 5.53. The van der Waals surface area contributed by atoms with Crippen molar-refractivity contribution in [1.82, 2.24) is 0 Å². The minimum atomic E-state index is -1.75. The Morgan fingerprint density at radius 1 is 1.64 bits per heavy atom. The van der Waals surface area contributed by atoms with Crippen LogP contribution in [0, 0.1) is 0 Å². The van der Waals surface area contributed by atoms with Gasteiger partial charge in [0.25, 0.3) is 0 Å². The van der Waals surface area contributed by atoms with Gasteiger partial charge in [-0.25, -0.2) is 0 Å². The fourth-order valence-corrected chi connectivity index (χ4v) is 1.74. The molecule has 0 fully saturated rings. The van der Waals surface area contributed by atoms with Gasteiger partial charge in [0.15, 0.2) is 6.16 Å². The van der Waals surface area contributed by atoms with E-state index in [1.165, 1.54) is 6.08 Å². The van der Waals surface area contributed by atoms with Crippen molar-refractivity contribution in [2.75, 3.05) is 12.5 Å². The molecule has 0 aromatic heterocycles. The molecule has 6 heteroatoms. The van der Waals surface area contributed by atoms with Crippen LogP contribution in [0.3, 0.4) is 0 Å². The van der Waals surface area contributed by atoms with E-state index in [2.05, 4.69) is 6.58 Å². The van der Waals surface area contributed by atoms with Crippen molar-refractivity contribution in [3.8, 4) is 0 Å². The van der Waals surface area contributed by atoms with Gasteiger partial charge in [-0.3, -0.25) is 4.79 Å². The Balaban J connectivity index is 4.30. The summed E-state index contributed by atoms with van der Waals surface area (Å²) in [5.41, 5.74) is 4.16. The van der Waals surface area contributed by atoms with Gasteiger partial charge in [-0.2, -0.15) is 0 Å². The van der Waals surface area contributed by atoms with Crippen LogP contribution in [0.5, 0.6) is 0 Å². The molecule has 5 nitrogen and oxygen atoms in total. The highest BCUT2D eigenvalue weighted by Gasteiger charge is 2.35. The van der Waals surface area contributed by atoms with E-state index in [-0.39, 0.29) is 19.0 Å². The van der Waals surface area contributed by atoms with Crippen molar-refractivity contribution >= 4 is 13.8 Å². The summed E-state index contributed by atoms with van der Waals surface area (Å²) in [6, 6.07) is 0. The van der Waals surface area contributed by atoms with Gasteiger partial charge in [0.05, 0.1) is 0 Å². The zero-order valence-electron chi connectivity index (χ0n) is 7.85. The summed E-state index contributed by atoms with van der Waals surface area (Å²) >= 11 is 0. The molecule has 0 radical (unpaired) electrons. The lowest BCUT2D eigenvalue weighted by atomic mass is 9.94. The van der Waals surface area contributed by atoms with Crippen LogP contribution in [0.4, 0.5) is 0 Å². The second-order valence-electron chi connectivity index (χ2n) is 3.05. The first-order valence-corrected chi connectivity index (χ1v) is 5.75. The highest BCUT2D eigenvalue weighted by atomic mass is 31.1. The number of aliphatic hydroxyl groups is 1. The Bertz CT molecular complexity index is 243. The predicted octanol–water partition coefficient (Wildman–Crippen LogP) is 0.512. The largest absolute Gasteiger partial charge is 0.480 e. The number of rotatable bonds is 7. The molecule has 0 bridgehead atoms. The van der Waals surface area contributed by atoms with Crippen molar-refractivity contribution in [2.24, 2.45) is 5.73 Å². The maximum atomic E-state index is 10.9. The van der Waals surface area contributed by atoms with Gasteiger partial charge in [0.1, 0.15) is 5.54 Å². The molecule has 0 aliphatic rings. The van der Waals surface area contributed by atoms with Crippen molar-refractivity contribution in [3.63, 3.8) is 0 Å². The number of hydrogen-bond donors (Lipinski definition) is 3. The molecule has 2 atom stereocenters. The first-order valence-electron chi connectivity index (χ1n) is 4.12. The summed E-state index contributed by atoms with van der Waals surface area (Å²) in [7, 11) is -1.75. The lowest BCUT2D eigenvalue weighted by Crippen LogP contribution is -2.48. The van der Waals surface area contributed by atoms with E-state index in [1.54, 1.807) is 0 Å². The van der Waals surface area contributed by atoms with Crippen molar-refractivity contribution < 1.29 is 19.6 Å². The predicted molar refractivity (Wildman–Crippen MR) is 53.5 cm³/mol. The monoisotopic (exact) mass is 220 g/mol. The first-order chi connectivity index (χ1) is 6.46. The van der Waals surface area contributed by atoms with Crippen LogP contribution < -0.4 is 5.73 Å². The highest BCUT2D eigenvalue weighted by molar-refractivity contribution is 7.44. The Hall–Kier alpha value is -0.770. The normalized spacial score (nSPS) is 15.7. The number of carboxylic acids is 1. The topological polar surface area (TPSA) is 101 Å². The van der Waals surface area contributed by atoms with Gasteiger partial charge in [-0.1, -0.05) is 10.6 Å². The average molecular weight is 220 g/mol. The third kappa shape index (κ3) is 3.96. The molecule has 0 aromatic rings. The minimum absolute atomic E-state index is 0.0735. The molecule has 4 N–H and O–H groups in total. The molecule has 2 unspecified atom stereocenters. The molecular formula is C8H15NO4P+. The van der Waals surface area contributed by atoms with Crippen LogP contribution in [0.1, 0.15) is 12.8 Å². The standard InChI is InChI=1S/C8H14NO4P/c1-2-3-8(9,7(11)12)4-5-14(13)6-10/h2,10H,1,3-6,9H2/p+1. The second-order valence-corrected chi connectivity index (χ2v) is 4.74. The number of aliphatic carboxylic acids is 1. The number of carboxylic acid groups (broad SMARTS) is 1. The maximum absolute atomic E-state index is 10.9. The van der Waals surface area contributed by atoms with E-state index in [9.17, 15) is 9.36 Å². The number of nitrogens with two attached hydrogens (primary N) is 1. The smallest absolute Gasteiger partial charge is 0.366 e. The zero-order valence-corrected chi connectivity index (χ0v) is 8.74. The van der Waals surface area contributed by atoms with Gasteiger partial charge in [0.2, 0.25) is 6.35 Å². The Morgan fingerprint density at radius 2 is 2.21 bits per heavy atom. The molecule has 0 aromatic carbocycles. The lowest BCUT2D eigenvalue weighted by molar-refractivity contribution is -0.143. The fourth-order valence-electron chi connectivity index (χ4n) is 0.949. The number of hydrogen-bond acceptors (Lipinski definition) is 4. The third-order valence-corrected chi connectivity index (χ3v) is 2.94. The summed E-state index contributed by atoms with van der Waals surface area (Å²) in [6.07, 6.45) is 1.29. The van der Waals surface area contributed by atoms with E-state index >= 15 is 0 Å². The van der Waals surface area contributed by atoms with Crippen LogP contribution in [0.25, 0.3) is 0 Å².